The third-order valence-electron chi connectivity index (χ3n) is 4.01. The SMILES string of the molecule is CCC(Sc1nc(COc2ccccc2)cc(=O)[nH]1)C(=O)Nc1ccc(F)cc1F. The molecule has 0 saturated heterocycles. The van der Waals surface area contributed by atoms with Crippen LogP contribution in [0.4, 0.5) is 14.5 Å². The van der Waals surface area contributed by atoms with E-state index in [4.69, 9.17) is 4.74 Å². The number of benzene rings is 2. The molecule has 2 aromatic carbocycles. The van der Waals surface area contributed by atoms with Crippen molar-refractivity contribution in [3.8, 4) is 5.75 Å². The number of nitrogens with one attached hydrogen (secondary N) is 2. The van der Waals surface area contributed by atoms with Gasteiger partial charge in [-0.3, -0.25) is 9.59 Å². The number of ether oxygens (including phenoxy) is 1. The zero-order chi connectivity index (χ0) is 21.5. The van der Waals surface area contributed by atoms with Gasteiger partial charge in [-0.05, 0) is 30.7 Å². The van der Waals surface area contributed by atoms with Crippen LogP contribution in [0.5, 0.6) is 5.75 Å². The minimum atomic E-state index is -0.866. The van der Waals surface area contributed by atoms with Crippen molar-refractivity contribution in [1.29, 1.82) is 0 Å². The van der Waals surface area contributed by atoms with Gasteiger partial charge in [-0.2, -0.15) is 0 Å². The van der Waals surface area contributed by atoms with Crippen LogP contribution in [0.15, 0.2) is 64.5 Å². The van der Waals surface area contributed by atoms with Crippen molar-refractivity contribution in [2.24, 2.45) is 0 Å². The van der Waals surface area contributed by atoms with Crippen molar-refractivity contribution in [1.82, 2.24) is 9.97 Å². The van der Waals surface area contributed by atoms with Crippen LogP contribution in [0.3, 0.4) is 0 Å². The van der Waals surface area contributed by atoms with Crippen molar-refractivity contribution in [3.05, 3.63) is 82.3 Å². The second-order valence-corrected chi connectivity index (χ2v) is 7.46. The minimum Gasteiger partial charge on any atom is -0.487 e. The molecule has 1 aromatic heterocycles. The van der Waals surface area contributed by atoms with E-state index in [-0.39, 0.29) is 23.0 Å². The summed E-state index contributed by atoms with van der Waals surface area (Å²) in [5, 5.41) is 2.03. The van der Waals surface area contributed by atoms with Crippen LogP contribution in [0.2, 0.25) is 0 Å². The summed E-state index contributed by atoms with van der Waals surface area (Å²) in [5.74, 6) is -1.44. The number of halogens is 2. The van der Waals surface area contributed by atoms with Gasteiger partial charge in [0, 0.05) is 12.1 Å². The van der Waals surface area contributed by atoms with Gasteiger partial charge in [0.25, 0.3) is 5.56 Å². The number of hydrogen-bond acceptors (Lipinski definition) is 5. The number of carbonyl (C=O) groups excluding carboxylic acids is 1. The minimum absolute atomic E-state index is 0.0886. The van der Waals surface area contributed by atoms with E-state index in [1.54, 1.807) is 19.1 Å². The molecule has 1 atom stereocenters. The number of carbonyl (C=O) groups is 1. The summed E-state index contributed by atoms with van der Waals surface area (Å²) in [7, 11) is 0. The van der Waals surface area contributed by atoms with Gasteiger partial charge >= 0.3 is 0 Å². The second-order valence-electron chi connectivity index (χ2n) is 6.27. The van der Waals surface area contributed by atoms with Crippen LogP contribution in [-0.2, 0) is 11.4 Å². The zero-order valence-corrected chi connectivity index (χ0v) is 16.8. The summed E-state index contributed by atoms with van der Waals surface area (Å²) >= 11 is 1.04. The van der Waals surface area contributed by atoms with E-state index in [2.05, 4.69) is 15.3 Å². The van der Waals surface area contributed by atoms with Crippen molar-refractivity contribution in [2.75, 3.05) is 5.32 Å². The summed E-state index contributed by atoms with van der Waals surface area (Å²) < 4.78 is 32.4. The Kier molecular flexibility index (Phi) is 7.18. The standard InChI is InChI=1S/C21H19F2N3O3S/c1-2-18(20(28)25-17-9-8-13(22)10-16(17)23)30-21-24-14(11-19(27)26-21)12-29-15-6-4-3-5-7-15/h3-11,18H,2,12H2,1H3,(H,25,28)(H,24,26,27). The molecule has 0 aliphatic carbocycles. The highest BCUT2D eigenvalue weighted by Crippen LogP contribution is 2.24. The first kappa shape index (κ1) is 21.5. The fraction of sp³-hybridized carbons (Fsp3) is 0.190. The number of anilines is 1. The lowest BCUT2D eigenvalue weighted by atomic mass is 10.2. The molecule has 1 unspecified atom stereocenters. The fourth-order valence-corrected chi connectivity index (χ4v) is 3.48. The van der Waals surface area contributed by atoms with Gasteiger partial charge in [0.05, 0.1) is 16.6 Å². The highest BCUT2D eigenvalue weighted by molar-refractivity contribution is 8.00. The summed E-state index contributed by atoms with van der Waals surface area (Å²) in [6.07, 6.45) is 0.397. The molecule has 1 amide bonds. The normalized spacial score (nSPS) is 11.7. The summed E-state index contributed by atoms with van der Waals surface area (Å²) in [4.78, 5) is 31.4. The maximum Gasteiger partial charge on any atom is 0.251 e. The topological polar surface area (TPSA) is 84.1 Å². The lowest BCUT2D eigenvalue weighted by Crippen LogP contribution is -2.26. The van der Waals surface area contributed by atoms with E-state index in [1.165, 1.54) is 6.07 Å². The molecule has 9 heteroatoms. The number of nitrogens with zero attached hydrogens (tertiary/aromatic N) is 1. The third-order valence-corrected chi connectivity index (χ3v) is 5.26. The van der Waals surface area contributed by atoms with Crippen LogP contribution in [0.1, 0.15) is 19.0 Å². The predicted octanol–water partition coefficient (Wildman–Crippen LogP) is 4.14. The molecule has 0 fully saturated rings. The maximum absolute atomic E-state index is 13.8. The van der Waals surface area contributed by atoms with Gasteiger partial charge in [0.1, 0.15) is 24.0 Å². The smallest absolute Gasteiger partial charge is 0.251 e. The Hall–Kier alpha value is -3.20. The van der Waals surface area contributed by atoms with Crippen LogP contribution in [0, 0.1) is 11.6 Å². The Morgan fingerprint density at radius 1 is 1.20 bits per heavy atom. The molecule has 3 rings (SSSR count). The first-order valence-corrected chi connectivity index (χ1v) is 10.0. The highest BCUT2D eigenvalue weighted by atomic mass is 32.2. The van der Waals surface area contributed by atoms with E-state index < -0.39 is 22.8 Å². The summed E-state index contributed by atoms with van der Waals surface area (Å²) in [6, 6.07) is 13.3. The molecule has 0 spiro atoms. The Morgan fingerprint density at radius 2 is 1.97 bits per heavy atom. The average Bonchev–Trinajstić information content (AvgIpc) is 2.73. The fourth-order valence-electron chi connectivity index (χ4n) is 2.55. The maximum atomic E-state index is 13.8. The lowest BCUT2D eigenvalue weighted by molar-refractivity contribution is -0.115. The Balaban J connectivity index is 1.69. The monoisotopic (exact) mass is 431 g/mol. The molecule has 0 radical (unpaired) electrons. The molecular weight excluding hydrogens is 412 g/mol. The van der Waals surface area contributed by atoms with E-state index >= 15 is 0 Å². The molecule has 0 saturated carbocycles. The predicted molar refractivity (Wildman–Crippen MR) is 111 cm³/mol. The molecule has 1 heterocycles. The number of amides is 1. The Bertz CT molecular complexity index is 1080. The van der Waals surface area contributed by atoms with Crippen LogP contribution < -0.4 is 15.6 Å². The number of hydrogen-bond donors (Lipinski definition) is 2. The number of thioether (sulfide) groups is 1. The third kappa shape index (κ3) is 5.90. The highest BCUT2D eigenvalue weighted by Gasteiger charge is 2.21. The Labute approximate surface area is 175 Å². The van der Waals surface area contributed by atoms with E-state index in [0.717, 1.165) is 23.9 Å². The zero-order valence-electron chi connectivity index (χ0n) is 16.0. The van der Waals surface area contributed by atoms with Gasteiger partial charge < -0.3 is 15.0 Å². The van der Waals surface area contributed by atoms with Gasteiger partial charge in [0.15, 0.2) is 5.16 Å². The molecule has 2 N–H and O–H groups in total. The molecule has 3 aromatic rings. The first-order valence-electron chi connectivity index (χ1n) is 9.15. The Morgan fingerprint density at radius 3 is 2.67 bits per heavy atom. The molecule has 6 nitrogen and oxygen atoms in total. The second kappa shape index (κ2) is 10.0. The summed E-state index contributed by atoms with van der Waals surface area (Å²) in [6.45, 7) is 1.87. The summed E-state index contributed by atoms with van der Waals surface area (Å²) in [5.41, 5.74) is -0.0872. The largest absolute Gasteiger partial charge is 0.487 e. The molecule has 0 bridgehead atoms. The number of para-hydroxylation sites is 1. The quantitative estimate of drug-likeness (QED) is 0.414. The molecule has 0 aliphatic rings. The van der Waals surface area contributed by atoms with E-state index in [0.29, 0.717) is 23.9 Å². The first-order chi connectivity index (χ1) is 14.4. The van der Waals surface area contributed by atoms with Crippen LogP contribution >= 0.6 is 11.8 Å². The van der Waals surface area contributed by atoms with Crippen LogP contribution in [-0.4, -0.2) is 21.1 Å². The lowest BCUT2D eigenvalue weighted by Gasteiger charge is -2.15. The van der Waals surface area contributed by atoms with Gasteiger partial charge in [-0.1, -0.05) is 36.9 Å². The van der Waals surface area contributed by atoms with Crippen LogP contribution in [0.25, 0.3) is 0 Å². The number of aromatic nitrogens is 2. The van der Waals surface area contributed by atoms with E-state index in [1.807, 2.05) is 18.2 Å². The molecule has 30 heavy (non-hydrogen) atoms. The van der Waals surface area contributed by atoms with Gasteiger partial charge in [-0.25, -0.2) is 13.8 Å². The molecule has 156 valence electrons. The molecular formula is C21H19F2N3O3S. The molecule has 0 aliphatic heterocycles. The van der Waals surface area contributed by atoms with Crippen molar-refractivity contribution < 1.29 is 18.3 Å². The van der Waals surface area contributed by atoms with Crippen molar-refractivity contribution in [3.63, 3.8) is 0 Å². The average molecular weight is 431 g/mol. The van der Waals surface area contributed by atoms with Gasteiger partial charge in [-0.15, -0.1) is 0 Å². The van der Waals surface area contributed by atoms with E-state index in [9.17, 15) is 18.4 Å². The van der Waals surface area contributed by atoms with Gasteiger partial charge in [0.2, 0.25) is 5.91 Å². The number of H-pyrrole nitrogens is 1. The number of aromatic amines is 1. The van der Waals surface area contributed by atoms with Crippen molar-refractivity contribution in [2.45, 2.75) is 30.4 Å². The number of rotatable bonds is 8. The van der Waals surface area contributed by atoms with Crippen molar-refractivity contribution >= 4 is 23.4 Å².